The van der Waals surface area contributed by atoms with Crippen LogP contribution >= 0.6 is 0 Å². The average Bonchev–Trinajstić information content (AvgIpc) is 2.62. The van der Waals surface area contributed by atoms with E-state index in [9.17, 15) is 14.4 Å². The molecular formula is C22H37N5O3+2. The van der Waals surface area contributed by atoms with Gasteiger partial charge in [0.2, 0.25) is 0 Å². The van der Waals surface area contributed by atoms with E-state index in [0.29, 0.717) is 26.2 Å². The zero-order chi connectivity index (χ0) is 22.3. The second kappa shape index (κ2) is 10.5. The number of aryl methyl sites for hydroxylation is 1. The average molecular weight is 420 g/mol. The highest BCUT2D eigenvalue weighted by molar-refractivity contribution is 5.91. The number of carbonyl (C=O) groups is 3. The van der Waals surface area contributed by atoms with Crippen LogP contribution in [0, 0.1) is 6.92 Å². The summed E-state index contributed by atoms with van der Waals surface area (Å²) in [6, 6.07) is 7.75. The third-order valence-corrected chi connectivity index (χ3v) is 5.00. The molecule has 166 valence electrons. The number of hydrogen-bond acceptors (Lipinski definition) is 3. The summed E-state index contributed by atoms with van der Waals surface area (Å²) in [5.74, 6) is -0.0106. The van der Waals surface area contributed by atoms with Gasteiger partial charge < -0.3 is 25.3 Å². The van der Waals surface area contributed by atoms with Crippen molar-refractivity contribution in [1.29, 1.82) is 0 Å². The Morgan fingerprint density at radius 1 is 1.03 bits per heavy atom. The Bertz CT molecular complexity index is 734. The molecule has 1 fully saturated rings. The summed E-state index contributed by atoms with van der Waals surface area (Å²) in [7, 11) is 1.86. The van der Waals surface area contributed by atoms with Gasteiger partial charge >= 0.3 is 0 Å². The van der Waals surface area contributed by atoms with Gasteiger partial charge in [0, 0.05) is 11.2 Å². The van der Waals surface area contributed by atoms with Gasteiger partial charge in [-0.15, -0.1) is 0 Å². The maximum Gasteiger partial charge on any atom is 0.279 e. The van der Waals surface area contributed by atoms with Crippen molar-refractivity contribution >= 4 is 23.4 Å². The fraction of sp³-hybridized carbons (Fsp3) is 0.591. The molecule has 0 bridgehead atoms. The molecule has 0 spiro atoms. The van der Waals surface area contributed by atoms with E-state index in [-0.39, 0.29) is 29.8 Å². The summed E-state index contributed by atoms with van der Waals surface area (Å²) in [4.78, 5) is 40.7. The standard InChI is InChI=1S/C22H35N5O3/c1-17-6-8-18(9-7-17)23-19(28)15-26-10-12-27(13-11-26)21(30)16-25(5)14-20(29)24-22(2,3)4/h6-9H,10-16H2,1-5H3,(H,23,28)(H,24,29)/p+2. The molecule has 1 aromatic rings. The number of hydrogen-bond donors (Lipinski definition) is 4. The Labute approximate surface area is 179 Å². The van der Waals surface area contributed by atoms with Gasteiger partial charge in [-0.05, 0) is 39.8 Å². The molecule has 0 radical (unpaired) electrons. The molecule has 8 heteroatoms. The molecule has 0 aromatic heterocycles. The van der Waals surface area contributed by atoms with Gasteiger partial charge in [-0.2, -0.15) is 0 Å². The molecule has 1 unspecified atom stereocenters. The van der Waals surface area contributed by atoms with Gasteiger partial charge in [-0.3, -0.25) is 14.4 Å². The molecule has 1 aromatic carbocycles. The number of carbonyl (C=O) groups excluding carboxylic acids is 3. The lowest BCUT2D eigenvalue weighted by molar-refractivity contribution is -0.896. The van der Waals surface area contributed by atoms with Crippen LogP contribution in [-0.4, -0.2) is 81.0 Å². The lowest BCUT2D eigenvalue weighted by Gasteiger charge is -2.32. The number of quaternary nitrogens is 2. The summed E-state index contributed by atoms with van der Waals surface area (Å²) in [6.07, 6.45) is 0. The van der Waals surface area contributed by atoms with Crippen molar-refractivity contribution in [2.24, 2.45) is 0 Å². The molecule has 2 rings (SSSR count). The number of rotatable bonds is 7. The number of likely N-dealkylation sites (N-methyl/N-ethyl adjacent to an activating group) is 1. The van der Waals surface area contributed by atoms with E-state index in [0.717, 1.165) is 29.2 Å². The molecule has 0 aliphatic carbocycles. The normalized spacial score (nSPS) is 16.1. The predicted molar refractivity (Wildman–Crippen MR) is 116 cm³/mol. The zero-order valence-electron chi connectivity index (χ0n) is 18.9. The van der Waals surface area contributed by atoms with Crippen molar-refractivity contribution in [3.8, 4) is 0 Å². The van der Waals surface area contributed by atoms with Crippen LogP contribution in [0.2, 0.25) is 0 Å². The van der Waals surface area contributed by atoms with Crippen LogP contribution in [0.3, 0.4) is 0 Å². The highest BCUT2D eigenvalue weighted by Crippen LogP contribution is 2.07. The number of amides is 3. The number of nitrogens with zero attached hydrogens (tertiary/aromatic N) is 1. The topological polar surface area (TPSA) is 87.4 Å². The van der Waals surface area contributed by atoms with Gasteiger partial charge in [-0.1, -0.05) is 17.7 Å². The summed E-state index contributed by atoms with van der Waals surface area (Å²) < 4.78 is 0. The van der Waals surface area contributed by atoms with Gasteiger partial charge in [-0.25, -0.2) is 0 Å². The Kier molecular flexibility index (Phi) is 8.37. The van der Waals surface area contributed by atoms with Crippen molar-refractivity contribution in [1.82, 2.24) is 10.2 Å². The van der Waals surface area contributed by atoms with Crippen LogP contribution in [0.4, 0.5) is 5.69 Å². The van der Waals surface area contributed by atoms with E-state index in [4.69, 9.17) is 0 Å². The number of anilines is 1. The van der Waals surface area contributed by atoms with Gasteiger partial charge in [0.05, 0.1) is 33.2 Å². The smallest absolute Gasteiger partial charge is 0.279 e. The number of piperazine rings is 1. The van der Waals surface area contributed by atoms with Crippen molar-refractivity contribution in [3.63, 3.8) is 0 Å². The quantitative estimate of drug-likeness (QED) is 0.416. The van der Waals surface area contributed by atoms with Gasteiger partial charge in [0.25, 0.3) is 17.7 Å². The first kappa shape index (κ1) is 23.8. The first-order valence-electron chi connectivity index (χ1n) is 10.6. The summed E-state index contributed by atoms with van der Waals surface area (Å²) in [6.45, 7) is 11.5. The number of nitrogens with one attached hydrogen (secondary N) is 4. The molecule has 4 N–H and O–H groups in total. The molecule has 1 saturated heterocycles. The van der Waals surface area contributed by atoms with Crippen LogP contribution in [0.1, 0.15) is 26.3 Å². The van der Waals surface area contributed by atoms with E-state index in [2.05, 4.69) is 10.6 Å². The minimum Gasteiger partial charge on any atom is -0.347 e. The Balaban J connectivity index is 1.70. The highest BCUT2D eigenvalue weighted by atomic mass is 16.2. The molecule has 8 nitrogen and oxygen atoms in total. The largest absolute Gasteiger partial charge is 0.347 e. The SMILES string of the molecule is Cc1ccc(NC(=O)C[NH+]2CCN(C(=O)C[NH+](C)CC(=O)NC(C)(C)C)CC2)cc1. The number of benzene rings is 1. The minimum absolute atomic E-state index is 0.0114. The third kappa shape index (κ3) is 8.51. The van der Waals surface area contributed by atoms with Crippen LogP contribution in [0.15, 0.2) is 24.3 Å². The molecule has 3 amide bonds. The predicted octanol–water partition coefficient (Wildman–Crippen LogP) is -1.91. The molecule has 1 aliphatic rings. The van der Waals surface area contributed by atoms with Crippen molar-refractivity contribution < 1.29 is 24.2 Å². The third-order valence-electron chi connectivity index (χ3n) is 5.00. The molecule has 0 saturated carbocycles. The van der Waals surface area contributed by atoms with Gasteiger partial charge in [0.1, 0.15) is 0 Å². The van der Waals surface area contributed by atoms with Crippen LogP contribution in [0.5, 0.6) is 0 Å². The van der Waals surface area contributed by atoms with Crippen molar-refractivity contribution in [2.45, 2.75) is 33.2 Å². The fourth-order valence-corrected chi connectivity index (χ4v) is 3.49. The van der Waals surface area contributed by atoms with E-state index in [1.165, 1.54) is 4.90 Å². The Hall–Kier alpha value is -2.45. The Morgan fingerprint density at radius 3 is 2.20 bits per heavy atom. The van der Waals surface area contributed by atoms with E-state index >= 15 is 0 Å². The summed E-state index contributed by atoms with van der Waals surface area (Å²) >= 11 is 0. The first-order valence-corrected chi connectivity index (χ1v) is 10.6. The van der Waals surface area contributed by atoms with E-state index in [1.54, 1.807) is 0 Å². The first-order chi connectivity index (χ1) is 14.0. The van der Waals surface area contributed by atoms with Crippen LogP contribution < -0.4 is 20.4 Å². The van der Waals surface area contributed by atoms with Gasteiger partial charge in [0.15, 0.2) is 19.6 Å². The lowest BCUT2D eigenvalue weighted by atomic mass is 10.1. The Morgan fingerprint density at radius 2 is 1.63 bits per heavy atom. The monoisotopic (exact) mass is 419 g/mol. The molecule has 1 atom stereocenters. The second-order valence-corrected chi connectivity index (χ2v) is 9.33. The summed E-state index contributed by atoms with van der Waals surface area (Å²) in [5, 5.41) is 5.85. The highest BCUT2D eigenvalue weighted by Gasteiger charge is 2.27. The fourth-order valence-electron chi connectivity index (χ4n) is 3.49. The molecule has 1 heterocycles. The summed E-state index contributed by atoms with van der Waals surface area (Å²) in [5.41, 5.74) is 1.69. The van der Waals surface area contributed by atoms with E-state index < -0.39 is 0 Å². The minimum atomic E-state index is -0.272. The maximum absolute atomic E-state index is 12.6. The molecular weight excluding hydrogens is 382 g/mol. The second-order valence-electron chi connectivity index (χ2n) is 9.33. The lowest BCUT2D eigenvalue weighted by Crippen LogP contribution is -3.16. The van der Waals surface area contributed by atoms with Crippen LogP contribution in [-0.2, 0) is 14.4 Å². The molecule has 1 aliphatic heterocycles. The van der Waals surface area contributed by atoms with E-state index in [1.807, 2.05) is 63.9 Å². The molecule has 30 heavy (non-hydrogen) atoms. The van der Waals surface area contributed by atoms with Crippen molar-refractivity contribution in [3.05, 3.63) is 29.8 Å². The maximum atomic E-state index is 12.6. The van der Waals surface area contributed by atoms with Crippen molar-refractivity contribution in [2.75, 3.05) is 58.2 Å². The zero-order valence-corrected chi connectivity index (χ0v) is 18.9. The van der Waals surface area contributed by atoms with Crippen LogP contribution in [0.25, 0.3) is 0 Å².